The van der Waals surface area contributed by atoms with E-state index in [0.717, 1.165) is 0 Å². The van der Waals surface area contributed by atoms with Crippen molar-refractivity contribution < 1.29 is 48.9 Å². The number of H-pyrrole nitrogens is 1. The van der Waals surface area contributed by atoms with Gasteiger partial charge in [0, 0.05) is 42.8 Å². The molecule has 0 aliphatic carbocycles. The second-order valence-corrected chi connectivity index (χ2v) is 11.9. The number of nitrogens with two attached hydrogens (primary N) is 2. The number of thiol groups is 1. The molecule has 0 saturated carbocycles. The summed E-state index contributed by atoms with van der Waals surface area (Å²) in [6, 6.07) is 3.15. The third-order valence-corrected chi connectivity index (χ3v) is 8.07. The summed E-state index contributed by atoms with van der Waals surface area (Å²) < 4.78 is 0. The summed E-state index contributed by atoms with van der Waals surface area (Å²) in [5.74, 6) is -9.79. The number of nitrogens with one attached hydrogen (secondary N) is 4. The number of aromatic nitrogens is 4. The highest BCUT2D eigenvalue weighted by atomic mass is 32.1. The smallest absolute Gasteiger partial charge is 0.307 e. The molecule has 4 atom stereocenters. The number of nitrogens with zero attached hydrogens (tertiary/aromatic N) is 3. The van der Waals surface area contributed by atoms with Gasteiger partial charge in [0.25, 0.3) is 5.56 Å². The zero-order valence-corrected chi connectivity index (χ0v) is 28.3. The molecule has 0 saturated heterocycles. The van der Waals surface area contributed by atoms with Crippen LogP contribution in [0.3, 0.4) is 0 Å². The maximum absolute atomic E-state index is 12.9. The maximum atomic E-state index is 12.9. The highest BCUT2D eigenvalue weighted by Crippen LogP contribution is 2.18. The highest BCUT2D eigenvalue weighted by Gasteiger charge is 2.30. The molecular formula is C31H37N9O11S. The molecule has 0 aliphatic heterocycles. The molecule has 0 bridgehead atoms. The number of nitrogen functional groups attached to an aromatic ring is 1. The van der Waals surface area contributed by atoms with E-state index >= 15 is 0 Å². The number of aliphatic carboxylic acids is 3. The van der Waals surface area contributed by atoms with Crippen molar-refractivity contribution in [3.63, 3.8) is 0 Å². The van der Waals surface area contributed by atoms with Crippen LogP contribution < -0.4 is 33.0 Å². The SMILES string of the molecule is Nc1nc2ncc(CNc3ccc(C(=O)C[C@H](CCC(=O)NC[C@@H](N)C(=O)N[C@H](CC(=O)O)C(=O)C[C@H](CS)C(=O)O)C(=O)O)cc3)nc2c(=O)[nH]1. The number of carbonyl (C=O) groups is 7. The van der Waals surface area contributed by atoms with Gasteiger partial charge in [0.1, 0.15) is 6.04 Å². The second kappa shape index (κ2) is 18.9. The van der Waals surface area contributed by atoms with E-state index in [1.54, 1.807) is 12.1 Å². The minimum absolute atomic E-state index is 0.0173. The van der Waals surface area contributed by atoms with Crippen LogP contribution in [-0.2, 0) is 35.3 Å². The van der Waals surface area contributed by atoms with Gasteiger partial charge in [0.2, 0.25) is 17.8 Å². The van der Waals surface area contributed by atoms with E-state index < -0.39 is 96.6 Å². The summed E-state index contributed by atoms with van der Waals surface area (Å²) in [5.41, 5.74) is 12.1. The van der Waals surface area contributed by atoms with Crippen LogP contribution in [0.15, 0.2) is 35.3 Å². The van der Waals surface area contributed by atoms with E-state index in [9.17, 15) is 43.5 Å². The van der Waals surface area contributed by atoms with Crippen molar-refractivity contribution in [2.75, 3.05) is 23.3 Å². The number of aromatic amines is 1. The molecule has 278 valence electrons. The number of carboxylic acids is 3. The fraction of sp³-hybridized carbons (Fsp3) is 0.387. The largest absolute Gasteiger partial charge is 0.481 e. The van der Waals surface area contributed by atoms with Gasteiger partial charge in [-0.1, -0.05) is 0 Å². The number of Topliss-reactive ketones (excluding diaryl/α,β-unsaturated/α-hetero) is 2. The summed E-state index contributed by atoms with van der Waals surface area (Å²) in [5, 5.41) is 35.5. The van der Waals surface area contributed by atoms with Crippen LogP contribution in [0.5, 0.6) is 0 Å². The Hall–Kier alpha value is -5.96. The number of rotatable bonds is 21. The van der Waals surface area contributed by atoms with Gasteiger partial charge in [-0.2, -0.15) is 17.6 Å². The number of amides is 2. The molecule has 2 amide bonds. The molecule has 21 heteroatoms. The van der Waals surface area contributed by atoms with E-state index in [-0.39, 0.29) is 47.8 Å². The first kappa shape index (κ1) is 40.5. The van der Waals surface area contributed by atoms with Crippen molar-refractivity contribution in [1.29, 1.82) is 0 Å². The molecular weight excluding hydrogens is 706 g/mol. The molecule has 0 aliphatic rings. The van der Waals surface area contributed by atoms with Crippen molar-refractivity contribution in [3.05, 3.63) is 52.1 Å². The van der Waals surface area contributed by atoms with Crippen molar-refractivity contribution in [3.8, 4) is 0 Å². The van der Waals surface area contributed by atoms with Crippen molar-refractivity contribution in [1.82, 2.24) is 30.6 Å². The molecule has 1 aromatic carbocycles. The average molecular weight is 744 g/mol. The predicted octanol–water partition coefficient (Wildman–Crippen LogP) is -1.05. The Balaban J connectivity index is 1.47. The van der Waals surface area contributed by atoms with Crippen LogP contribution in [0.4, 0.5) is 11.6 Å². The van der Waals surface area contributed by atoms with E-state index in [1.165, 1.54) is 18.3 Å². The van der Waals surface area contributed by atoms with Gasteiger partial charge in [-0.3, -0.25) is 43.3 Å². The molecule has 0 fully saturated rings. The summed E-state index contributed by atoms with van der Waals surface area (Å²) in [6.45, 7) is -0.280. The Morgan fingerprint density at radius 2 is 1.60 bits per heavy atom. The fourth-order valence-corrected chi connectivity index (χ4v) is 4.99. The monoisotopic (exact) mass is 743 g/mol. The fourth-order valence-electron chi connectivity index (χ4n) is 4.70. The topological polar surface area (TPSA) is 340 Å². The van der Waals surface area contributed by atoms with Gasteiger partial charge >= 0.3 is 17.9 Å². The Morgan fingerprint density at radius 3 is 2.21 bits per heavy atom. The van der Waals surface area contributed by atoms with Crippen molar-refractivity contribution in [2.45, 2.75) is 50.7 Å². The highest BCUT2D eigenvalue weighted by molar-refractivity contribution is 7.80. The molecule has 3 aromatic rings. The molecule has 11 N–H and O–H groups in total. The van der Waals surface area contributed by atoms with Crippen LogP contribution in [0.1, 0.15) is 48.2 Å². The minimum atomic E-state index is -1.58. The Labute approximate surface area is 299 Å². The van der Waals surface area contributed by atoms with E-state index in [4.69, 9.17) is 21.7 Å². The Kier molecular flexibility index (Phi) is 14.7. The number of carboxylic acid groups (broad SMARTS) is 3. The first-order valence-corrected chi connectivity index (χ1v) is 16.2. The lowest BCUT2D eigenvalue weighted by atomic mass is 9.94. The summed E-state index contributed by atoms with van der Waals surface area (Å²) in [4.78, 5) is 111. The van der Waals surface area contributed by atoms with Gasteiger partial charge in [0.05, 0.1) is 42.7 Å². The molecule has 2 heterocycles. The zero-order chi connectivity index (χ0) is 38.5. The van der Waals surface area contributed by atoms with Crippen LogP contribution in [0.25, 0.3) is 11.2 Å². The van der Waals surface area contributed by atoms with Crippen LogP contribution in [-0.4, -0.2) is 101 Å². The molecule has 3 rings (SSSR count). The van der Waals surface area contributed by atoms with Crippen molar-refractivity contribution >= 4 is 76.7 Å². The van der Waals surface area contributed by atoms with Gasteiger partial charge in [0.15, 0.2) is 22.7 Å². The van der Waals surface area contributed by atoms with Crippen LogP contribution in [0, 0.1) is 11.8 Å². The number of hydrogen-bond donors (Lipinski definition) is 10. The number of fused-ring (bicyclic) bond motifs is 1. The Morgan fingerprint density at radius 1 is 0.923 bits per heavy atom. The average Bonchev–Trinajstić information content (AvgIpc) is 3.09. The lowest BCUT2D eigenvalue weighted by molar-refractivity contribution is -0.144. The molecule has 20 nitrogen and oxygen atoms in total. The van der Waals surface area contributed by atoms with Crippen LogP contribution in [0.2, 0.25) is 0 Å². The Bertz CT molecular complexity index is 1890. The molecule has 2 aromatic heterocycles. The number of benzene rings is 1. The summed E-state index contributed by atoms with van der Waals surface area (Å²) in [7, 11) is 0. The molecule has 0 radical (unpaired) electrons. The minimum Gasteiger partial charge on any atom is -0.481 e. The normalized spacial score (nSPS) is 13.3. The number of hydrogen-bond acceptors (Lipinski definition) is 15. The quantitative estimate of drug-likeness (QED) is 0.0460. The number of anilines is 2. The predicted molar refractivity (Wildman–Crippen MR) is 185 cm³/mol. The van der Waals surface area contributed by atoms with Crippen molar-refractivity contribution in [2.24, 2.45) is 17.6 Å². The summed E-state index contributed by atoms with van der Waals surface area (Å²) >= 11 is 3.86. The lowest BCUT2D eigenvalue weighted by Crippen LogP contribution is -2.53. The van der Waals surface area contributed by atoms with Gasteiger partial charge in [-0.15, -0.1) is 0 Å². The van der Waals surface area contributed by atoms with Crippen LogP contribution >= 0.6 is 12.6 Å². The third kappa shape index (κ3) is 12.1. The van der Waals surface area contributed by atoms with E-state index in [2.05, 4.69) is 48.5 Å². The van der Waals surface area contributed by atoms with Gasteiger partial charge in [-0.05, 0) is 30.7 Å². The van der Waals surface area contributed by atoms with E-state index in [1.807, 2.05) is 0 Å². The third-order valence-electron chi connectivity index (χ3n) is 7.62. The van der Waals surface area contributed by atoms with Gasteiger partial charge < -0.3 is 42.7 Å². The standard InChI is InChI=1S/C31H37N9O11S/c32-19(27(46)38-20(9-24(44)45)22(42)8-16(13-52)30(50)51)12-35-23(43)6-3-15(29(48)49)7-21(41)14-1-4-17(5-2-14)34-10-18-11-36-26-25(37-18)28(47)40-31(33)39-26/h1-2,4-5,11,15-16,19-20,34,52H,3,6-10,12-13,32H2,(H,35,43)(H,38,46)(H,44,45)(H,48,49)(H,50,51)(H3,33,36,39,40,47)/t15-,16+,19+,20+/m0/s1. The number of ketones is 2. The molecule has 0 spiro atoms. The first-order chi connectivity index (χ1) is 24.6. The lowest BCUT2D eigenvalue weighted by Gasteiger charge is -2.20. The molecule has 52 heavy (non-hydrogen) atoms. The number of carbonyl (C=O) groups excluding carboxylic acids is 4. The molecule has 0 unspecified atom stereocenters. The van der Waals surface area contributed by atoms with Gasteiger partial charge in [-0.25, -0.2) is 9.97 Å². The zero-order valence-electron chi connectivity index (χ0n) is 27.4. The second-order valence-electron chi connectivity index (χ2n) is 11.6. The van der Waals surface area contributed by atoms with E-state index in [0.29, 0.717) is 11.4 Å². The first-order valence-electron chi connectivity index (χ1n) is 15.6. The maximum Gasteiger partial charge on any atom is 0.307 e. The summed E-state index contributed by atoms with van der Waals surface area (Å²) in [6.07, 6.45) is -0.965.